The molecule has 0 aliphatic heterocycles. The summed E-state index contributed by atoms with van der Waals surface area (Å²) in [6, 6.07) is 14.2. The molecule has 2 aromatic carbocycles. The molecular weight excluding hydrogens is 388 g/mol. The molecule has 1 heterocycles. The minimum Gasteiger partial charge on any atom is -0.344 e. The lowest BCUT2D eigenvalue weighted by molar-refractivity contribution is -0.122. The summed E-state index contributed by atoms with van der Waals surface area (Å²) < 4.78 is 2.16. The van der Waals surface area contributed by atoms with Gasteiger partial charge in [-0.15, -0.1) is 0 Å². The Bertz CT molecular complexity index is 1070. The highest BCUT2D eigenvalue weighted by molar-refractivity contribution is 6.33. The number of amides is 2. The first-order chi connectivity index (χ1) is 13.9. The number of fused-ring (bicyclic) bond motifs is 1. The number of nitrogens with zero attached hydrogens (tertiary/aromatic N) is 2. The molecule has 1 atom stereocenters. The largest absolute Gasteiger partial charge is 0.344 e. The van der Waals surface area contributed by atoms with Crippen LogP contribution in [0.4, 0.5) is 0 Å². The van der Waals surface area contributed by atoms with Gasteiger partial charge in [0, 0.05) is 28.7 Å². The molecule has 1 aromatic heterocycles. The molecule has 0 fully saturated rings. The molecule has 0 spiro atoms. The Hall–Kier alpha value is -3.12. The molecule has 0 unspecified atom stereocenters. The predicted octanol–water partition coefficient (Wildman–Crippen LogP) is 4.14. The van der Waals surface area contributed by atoms with Crippen molar-refractivity contribution in [2.24, 2.45) is 5.10 Å². The number of para-hydroxylation sites is 1. The van der Waals surface area contributed by atoms with Crippen LogP contribution in [0.1, 0.15) is 42.7 Å². The zero-order valence-corrected chi connectivity index (χ0v) is 17.3. The van der Waals surface area contributed by atoms with Crippen molar-refractivity contribution in [2.75, 3.05) is 0 Å². The topological polar surface area (TPSA) is 75.5 Å². The molecule has 6 nitrogen and oxygen atoms in total. The number of halogens is 1. The Morgan fingerprint density at radius 2 is 1.76 bits per heavy atom. The summed E-state index contributed by atoms with van der Waals surface area (Å²) in [6.45, 7) is 5.81. The van der Waals surface area contributed by atoms with E-state index in [1.807, 2.05) is 24.4 Å². The third-order valence-corrected chi connectivity index (χ3v) is 4.90. The summed E-state index contributed by atoms with van der Waals surface area (Å²) >= 11 is 6.02. The summed E-state index contributed by atoms with van der Waals surface area (Å²) in [5, 5.41) is 8.07. The molecule has 7 heteroatoms. The highest BCUT2D eigenvalue weighted by Gasteiger charge is 2.17. The molecule has 0 radical (unpaired) electrons. The van der Waals surface area contributed by atoms with Gasteiger partial charge in [-0.1, -0.05) is 41.9 Å². The first-order valence-electron chi connectivity index (χ1n) is 9.36. The van der Waals surface area contributed by atoms with Crippen LogP contribution in [0.15, 0.2) is 59.8 Å². The number of benzene rings is 2. The van der Waals surface area contributed by atoms with Gasteiger partial charge in [-0.25, -0.2) is 5.43 Å². The molecule has 2 amide bonds. The Labute approximate surface area is 174 Å². The van der Waals surface area contributed by atoms with Crippen molar-refractivity contribution in [3.05, 3.63) is 70.9 Å². The summed E-state index contributed by atoms with van der Waals surface area (Å²) in [7, 11) is 0. The van der Waals surface area contributed by atoms with Crippen molar-refractivity contribution in [3.63, 3.8) is 0 Å². The highest BCUT2D eigenvalue weighted by Crippen LogP contribution is 2.23. The van der Waals surface area contributed by atoms with Gasteiger partial charge in [-0.2, -0.15) is 5.10 Å². The number of carbonyl (C=O) groups is 2. The molecular formula is C22H23ClN4O2. The van der Waals surface area contributed by atoms with Crippen LogP contribution >= 0.6 is 11.6 Å². The van der Waals surface area contributed by atoms with Crippen LogP contribution in [-0.4, -0.2) is 28.6 Å². The van der Waals surface area contributed by atoms with E-state index in [9.17, 15) is 9.59 Å². The van der Waals surface area contributed by atoms with Gasteiger partial charge in [0.15, 0.2) is 0 Å². The lowest BCUT2D eigenvalue weighted by atomic mass is 10.2. The molecule has 3 aromatic rings. The molecule has 0 aliphatic rings. The number of hydrogen-bond acceptors (Lipinski definition) is 3. The van der Waals surface area contributed by atoms with Crippen molar-refractivity contribution < 1.29 is 9.59 Å². The van der Waals surface area contributed by atoms with Gasteiger partial charge in [0.25, 0.3) is 11.8 Å². The average molecular weight is 411 g/mol. The minimum absolute atomic E-state index is 0.302. The Balaban J connectivity index is 1.66. The van der Waals surface area contributed by atoms with Crippen molar-refractivity contribution in [1.82, 2.24) is 15.3 Å². The number of hydrazone groups is 1. The summed E-state index contributed by atoms with van der Waals surface area (Å²) in [4.78, 5) is 24.6. The van der Waals surface area contributed by atoms with E-state index >= 15 is 0 Å². The second kappa shape index (κ2) is 8.92. The van der Waals surface area contributed by atoms with E-state index in [1.54, 1.807) is 37.4 Å². The number of nitrogens with one attached hydrogen (secondary N) is 2. The smallest absolute Gasteiger partial charge is 0.262 e. The van der Waals surface area contributed by atoms with Crippen LogP contribution in [-0.2, 0) is 4.79 Å². The predicted molar refractivity (Wildman–Crippen MR) is 116 cm³/mol. The second-order valence-corrected chi connectivity index (χ2v) is 7.42. The third-order valence-electron chi connectivity index (χ3n) is 4.57. The third kappa shape index (κ3) is 4.66. The van der Waals surface area contributed by atoms with E-state index < -0.39 is 17.9 Å². The summed E-state index contributed by atoms with van der Waals surface area (Å²) in [5.74, 6) is -0.837. The fourth-order valence-corrected chi connectivity index (χ4v) is 3.23. The lowest BCUT2D eigenvalue weighted by Crippen LogP contribution is -2.43. The maximum absolute atomic E-state index is 12.3. The lowest BCUT2D eigenvalue weighted by Gasteiger charge is -2.12. The van der Waals surface area contributed by atoms with Crippen LogP contribution in [0.25, 0.3) is 10.9 Å². The van der Waals surface area contributed by atoms with E-state index in [-0.39, 0.29) is 0 Å². The average Bonchev–Trinajstić information content (AvgIpc) is 3.07. The molecule has 3 rings (SSSR count). The molecule has 0 saturated carbocycles. The molecule has 150 valence electrons. The maximum atomic E-state index is 12.3. The molecule has 29 heavy (non-hydrogen) atoms. The SMILES string of the molecule is CC(C)n1cc(/C=N\NC(=O)[C@H](C)NC(=O)c2ccccc2Cl)c2ccccc21. The molecule has 0 aliphatic carbocycles. The van der Waals surface area contributed by atoms with Crippen LogP contribution in [0.3, 0.4) is 0 Å². The van der Waals surface area contributed by atoms with Crippen LogP contribution < -0.4 is 10.7 Å². The van der Waals surface area contributed by atoms with Crippen molar-refractivity contribution >= 4 is 40.5 Å². The van der Waals surface area contributed by atoms with Gasteiger partial charge in [0.05, 0.1) is 16.8 Å². The number of aromatic nitrogens is 1. The maximum Gasteiger partial charge on any atom is 0.262 e. The summed E-state index contributed by atoms with van der Waals surface area (Å²) in [6.07, 6.45) is 3.62. The number of rotatable bonds is 6. The van der Waals surface area contributed by atoms with E-state index in [0.29, 0.717) is 16.6 Å². The molecule has 0 bridgehead atoms. The van der Waals surface area contributed by atoms with Gasteiger partial charge in [-0.05, 0) is 39.0 Å². The van der Waals surface area contributed by atoms with Gasteiger partial charge in [0.2, 0.25) is 0 Å². The zero-order chi connectivity index (χ0) is 21.0. The fourth-order valence-electron chi connectivity index (χ4n) is 3.01. The van der Waals surface area contributed by atoms with E-state index in [2.05, 4.69) is 40.3 Å². The first-order valence-corrected chi connectivity index (χ1v) is 9.74. The Morgan fingerprint density at radius 3 is 2.48 bits per heavy atom. The second-order valence-electron chi connectivity index (χ2n) is 7.01. The van der Waals surface area contributed by atoms with Crippen molar-refractivity contribution in [1.29, 1.82) is 0 Å². The van der Waals surface area contributed by atoms with Crippen molar-refractivity contribution in [3.8, 4) is 0 Å². The van der Waals surface area contributed by atoms with Gasteiger partial charge in [-0.3, -0.25) is 9.59 Å². The molecule has 0 saturated heterocycles. The van der Waals surface area contributed by atoms with E-state index in [0.717, 1.165) is 16.5 Å². The fraction of sp³-hybridized carbons (Fsp3) is 0.227. The van der Waals surface area contributed by atoms with Gasteiger partial charge < -0.3 is 9.88 Å². The van der Waals surface area contributed by atoms with Gasteiger partial charge >= 0.3 is 0 Å². The van der Waals surface area contributed by atoms with E-state index in [4.69, 9.17) is 11.6 Å². The normalized spacial score (nSPS) is 12.4. The van der Waals surface area contributed by atoms with Crippen LogP contribution in [0.5, 0.6) is 0 Å². The number of carbonyl (C=O) groups excluding carboxylic acids is 2. The highest BCUT2D eigenvalue weighted by atomic mass is 35.5. The Morgan fingerprint density at radius 1 is 1.07 bits per heavy atom. The monoisotopic (exact) mass is 410 g/mol. The minimum atomic E-state index is -0.770. The van der Waals surface area contributed by atoms with E-state index in [1.165, 1.54) is 0 Å². The van der Waals surface area contributed by atoms with Crippen LogP contribution in [0, 0.1) is 0 Å². The van der Waals surface area contributed by atoms with Crippen molar-refractivity contribution in [2.45, 2.75) is 32.9 Å². The first kappa shape index (κ1) is 20.6. The zero-order valence-electron chi connectivity index (χ0n) is 16.5. The Kier molecular flexibility index (Phi) is 6.34. The van der Waals surface area contributed by atoms with Gasteiger partial charge in [0.1, 0.15) is 6.04 Å². The van der Waals surface area contributed by atoms with Crippen LogP contribution in [0.2, 0.25) is 5.02 Å². The molecule has 2 N–H and O–H groups in total. The standard InChI is InChI=1S/C22H23ClN4O2/c1-14(2)27-13-16(17-8-5-7-11-20(17)27)12-24-26-21(28)15(3)25-22(29)18-9-4-6-10-19(18)23/h4-15H,1-3H3,(H,25,29)(H,26,28)/b24-12-/t15-/m0/s1. The summed E-state index contributed by atoms with van der Waals surface area (Å²) in [5.41, 5.74) is 4.81. The number of hydrogen-bond donors (Lipinski definition) is 2. The quantitative estimate of drug-likeness (QED) is 0.473.